The molecule has 1 aromatic rings. The van der Waals surface area contributed by atoms with E-state index in [0.717, 1.165) is 18.4 Å². The van der Waals surface area contributed by atoms with Crippen LogP contribution in [-0.4, -0.2) is 29.3 Å². The van der Waals surface area contributed by atoms with Crippen LogP contribution in [0.15, 0.2) is 30.3 Å². The maximum absolute atomic E-state index is 12.7. The predicted octanol–water partition coefficient (Wildman–Crippen LogP) is 1.66. The molecule has 1 heterocycles. The molecule has 0 spiro atoms. The van der Waals surface area contributed by atoms with Gasteiger partial charge in [-0.1, -0.05) is 30.3 Å². The molecule has 1 saturated heterocycles. The van der Waals surface area contributed by atoms with Gasteiger partial charge in [-0.2, -0.15) is 0 Å². The van der Waals surface area contributed by atoms with Gasteiger partial charge in [0.25, 0.3) is 5.91 Å². The molecule has 0 bridgehead atoms. The van der Waals surface area contributed by atoms with Crippen molar-refractivity contribution >= 4 is 11.8 Å². The molecule has 2 fully saturated rings. The smallest absolute Gasteiger partial charge is 0.251 e. The van der Waals surface area contributed by atoms with Crippen molar-refractivity contribution in [2.24, 2.45) is 5.92 Å². The van der Waals surface area contributed by atoms with Crippen LogP contribution in [0.4, 0.5) is 0 Å². The maximum Gasteiger partial charge on any atom is 0.251 e. The fraction of sp³-hybridized carbons (Fsp3) is 0.500. The molecule has 2 aliphatic rings. The summed E-state index contributed by atoms with van der Waals surface area (Å²) >= 11 is 0. The molecular formula is C16H20N2O2. The Morgan fingerprint density at radius 3 is 2.45 bits per heavy atom. The highest BCUT2D eigenvalue weighted by Crippen LogP contribution is 2.39. The molecule has 1 aromatic carbocycles. The van der Waals surface area contributed by atoms with Gasteiger partial charge in [0.05, 0.1) is 0 Å². The van der Waals surface area contributed by atoms with Gasteiger partial charge in [-0.25, -0.2) is 0 Å². The third kappa shape index (κ3) is 1.82. The van der Waals surface area contributed by atoms with Gasteiger partial charge in [-0.3, -0.25) is 9.59 Å². The number of hydrogen-bond donors (Lipinski definition) is 1. The third-order valence-corrected chi connectivity index (χ3v) is 4.55. The minimum absolute atomic E-state index is 0.0564. The van der Waals surface area contributed by atoms with Crippen LogP contribution < -0.4 is 5.32 Å². The Hall–Kier alpha value is -1.84. The first-order valence-electron chi connectivity index (χ1n) is 7.27. The lowest BCUT2D eigenvalue weighted by atomic mass is 9.85. The highest BCUT2D eigenvalue weighted by atomic mass is 16.2. The molecule has 4 heteroatoms. The molecule has 106 valence electrons. The average Bonchev–Trinajstić information content (AvgIpc) is 3.29. The highest BCUT2D eigenvalue weighted by molar-refractivity contribution is 6.00. The topological polar surface area (TPSA) is 49.4 Å². The van der Waals surface area contributed by atoms with E-state index in [1.165, 1.54) is 0 Å². The molecule has 1 aliphatic heterocycles. The van der Waals surface area contributed by atoms with Gasteiger partial charge in [0, 0.05) is 6.54 Å². The van der Waals surface area contributed by atoms with Gasteiger partial charge in [-0.15, -0.1) is 0 Å². The minimum Gasteiger partial charge on any atom is -0.342 e. The Morgan fingerprint density at radius 2 is 1.90 bits per heavy atom. The van der Waals surface area contributed by atoms with E-state index in [9.17, 15) is 9.59 Å². The number of nitrogens with one attached hydrogen (secondary N) is 1. The van der Waals surface area contributed by atoms with Crippen molar-refractivity contribution in [3.63, 3.8) is 0 Å². The van der Waals surface area contributed by atoms with Crippen molar-refractivity contribution in [1.82, 2.24) is 10.2 Å². The molecule has 2 amide bonds. The fourth-order valence-electron chi connectivity index (χ4n) is 3.13. The first-order chi connectivity index (χ1) is 9.59. The minimum atomic E-state index is -0.904. The van der Waals surface area contributed by atoms with Gasteiger partial charge >= 0.3 is 0 Å². The number of hydrogen-bond acceptors (Lipinski definition) is 2. The highest BCUT2D eigenvalue weighted by Gasteiger charge is 2.53. The average molecular weight is 272 g/mol. The first kappa shape index (κ1) is 13.2. The van der Waals surface area contributed by atoms with E-state index in [0.29, 0.717) is 12.5 Å². The lowest BCUT2D eigenvalue weighted by Crippen LogP contribution is -2.68. The first-order valence-corrected chi connectivity index (χ1v) is 7.27. The molecule has 4 nitrogen and oxygen atoms in total. The van der Waals surface area contributed by atoms with E-state index in [4.69, 9.17) is 0 Å². The van der Waals surface area contributed by atoms with Gasteiger partial charge in [0.1, 0.15) is 11.6 Å². The summed E-state index contributed by atoms with van der Waals surface area (Å²) < 4.78 is 0. The SMILES string of the molecule is CCN1C(=O)C(C2CC2)NC(=O)C1(C)c1ccccc1. The summed E-state index contributed by atoms with van der Waals surface area (Å²) in [4.78, 5) is 27.1. The van der Waals surface area contributed by atoms with Gasteiger partial charge in [0.2, 0.25) is 5.91 Å². The van der Waals surface area contributed by atoms with Crippen molar-refractivity contribution in [3.8, 4) is 0 Å². The molecule has 0 radical (unpaired) electrons. The predicted molar refractivity (Wildman–Crippen MR) is 75.8 cm³/mol. The van der Waals surface area contributed by atoms with Gasteiger partial charge < -0.3 is 10.2 Å². The summed E-state index contributed by atoms with van der Waals surface area (Å²) in [5, 5.41) is 2.95. The Labute approximate surface area is 119 Å². The molecule has 0 aromatic heterocycles. The van der Waals surface area contributed by atoms with Crippen LogP contribution in [-0.2, 0) is 15.1 Å². The number of rotatable bonds is 3. The second-order valence-electron chi connectivity index (χ2n) is 5.81. The van der Waals surface area contributed by atoms with Crippen molar-refractivity contribution in [1.29, 1.82) is 0 Å². The maximum atomic E-state index is 12.7. The largest absolute Gasteiger partial charge is 0.342 e. The summed E-state index contributed by atoms with van der Waals surface area (Å²) in [5.41, 5.74) is -0.0414. The quantitative estimate of drug-likeness (QED) is 0.909. The number of amides is 2. The Balaban J connectivity index is 2.01. The van der Waals surface area contributed by atoms with E-state index in [2.05, 4.69) is 5.32 Å². The zero-order valence-corrected chi connectivity index (χ0v) is 11.9. The van der Waals surface area contributed by atoms with Crippen molar-refractivity contribution < 1.29 is 9.59 Å². The molecule has 20 heavy (non-hydrogen) atoms. The van der Waals surface area contributed by atoms with Crippen LogP contribution in [0.5, 0.6) is 0 Å². The standard InChI is InChI=1S/C16H20N2O2/c1-3-18-14(19)13(11-9-10-11)17-15(20)16(18,2)12-7-5-4-6-8-12/h4-8,11,13H,3,9-10H2,1-2H3,(H,17,20). The van der Waals surface area contributed by atoms with E-state index >= 15 is 0 Å². The normalized spacial score (nSPS) is 30.3. The van der Waals surface area contributed by atoms with Gasteiger partial charge in [0.15, 0.2) is 0 Å². The third-order valence-electron chi connectivity index (χ3n) is 4.55. The van der Waals surface area contributed by atoms with Gasteiger partial charge in [-0.05, 0) is 38.2 Å². The number of piperazine rings is 1. The van der Waals surface area contributed by atoms with E-state index in [-0.39, 0.29) is 17.9 Å². The van der Waals surface area contributed by atoms with E-state index in [1.807, 2.05) is 44.2 Å². The summed E-state index contributed by atoms with van der Waals surface area (Å²) in [6, 6.07) is 9.22. The Morgan fingerprint density at radius 1 is 1.25 bits per heavy atom. The Kier molecular flexibility index (Phi) is 3.04. The summed E-state index contributed by atoms with van der Waals surface area (Å²) in [6.45, 7) is 4.31. The molecule has 1 saturated carbocycles. The molecular weight excluding hydrogens is 252 g/mol. The van der Waals surface area contributed by atoms with E-state index < -0.39 is 5.54 Å². The van der Waals surface area contributed by atoms with Crippen LogP contribution >= 0.6 is 0 Å². The molecule has 2 unspecified atom stereocenters. The number of benzene rings is 1. The summed E-state index contributed by atoms with van der Waals surface area (Å²) in [7, 11) is 0. The van der Waals surface area contributed by atoms with Crippen LogP contribution in [0.1, 0.15) is 32.3 Å². The molecule has 3 rings (SSSR count). The number of likely N-dealkylation sites (N-methyl/N-ethyl adjacent to an activating group) is 1. The Bertz CT molecular complexity index is 539. The zero-order valence-electron chi connectivity index (χ0n) is 11.9. The molecule has 2 atom stereocenters. The fourth-order valence-corrected chi connectivity index (χ4v) is 3.13. The van der Waals surface area contributed by atoms with Crippen molar-refractivity contribution in [2.75, 3.05) is 6.54 Å². The number of carbonyl (C=O) groups excluding carboxylic acids is 2. The summed E-state index contributed by atoms with van der Waals surface area (Å²) in [6.07, 6.45) is 2.08. The van der Waals surface area contributed by atoms with Crippen molar-refractivity contribution in [2.45, 2.75) is 38.3 Å². The van der Waals surface area contributed by atoms with Crippen LogP contribution in [0.25, 0.3) is 0 Å². The number of carbonyl (C=O) groups is 2. The molecule has 1 N–H and O–H groups in total. The van der Waals surface area contributed by atoms with E-state index in [1.54, 1.807) is 4.90 Å². The zero-order chi connectivity index (χ0) is 14.3. The second kappa shape index (κ2) is 4.62. The monoisotopic (exact) mass is 272 g/mol. The van der Waals surface area contributed by atoms with Crippen LogP contribution in [0, 0.1) is 5.92 Å². The van der Waals surface area contributed by atoms with Crippen molar-refractivity contribution in [3.05, 3.63) is 35.9 Å². The summed E-state index contributed by atoms with van der Waals surface area (Å²) in [5.74, 6) is 0.323. The van der Waals surface area contributed by atoms with Crippen LogP contribution in [0.2, 0.25) is 0 Å². The second-order valence-corrected chi connectivity index (χ2v) is 5.81. The van der Waals surface area contributed by atoms with Crippen LogP contribution in [0.3, 0.4) is 0 Å². The lowest BCUT2D eigenvalue weighted by Gasteiger charge is -2.46. The lowest BCUT2D eigenvalue weighted by molar-refractivity contribution is -0.157. The molecule has 1 aliphatic carbocycles. The number of nitrogens with zero attached hydrogens (tertiary/aromatic N) is 1.